The van der Waals surface area contributed by atoms with Crippen LogP contribution in [0.1, 0.15) is 41.5 Å². The summed E-state index contributed by atoms with van der Waals surface area (Å²) >= 11 is -3.87. The summed E-state index contributed by atoms with van der Waals surface area (Å²) in [4.78, 5) is 0. The molecule has 0 nitrogen and oxygen atoms in total. The molecule has 0 saturated heterocycles. The molecule has 0 spiro atoms. The fraction of sp³-hybridized carbons (Fsp3) is 0.857. The van der Waals surface area contributed by atoms with Crippen LogP contribution in [0.15, 0.2) is 8.18 Å². The zero-order valence-corrected chi connectivity index (χ0v) is 18.2. The Morgan fingerprint density at radius 2 is 0.812 bits per heavy atom. The first kappa shape index (κ1) is 17.3. The summed E-state index contributed by atoms with van der Waals surface area (Å²) in [6.45, 7) is 19.4. The fourth-order valence-electron chi connectivity index (χ4n) is 3.34. The van der Waals surface area contributed by atoms with E-state index in [1.54, 1.807) is 0 Å². The molecule has 96 valence electrons. The van der Waals surface area contributed by atoms with Gasteiger partial charge in [-0.3, -0.25) is 0 Å². The van der Waals surface area contributed by atoms with Gasteiger partial charge in [0.05, 0.1) is 0 Å². The van der Waals surface area contributed by atoms with E-state index in [2.05, 4.69) is 41.5 Å². The van der Waals surface area contributed by atoms with E-state index in [4.69, 9.17) is 6.58 Å². The fourth-order valence-corrected chi connectivity index (χ4v) is 64.3. The Morgan fingerprint density at radius 1 is 0.625 bits per heavy atom. The molecule has 0 aliphatic heterocycles. The summed E-state index contributed by atoms with van der Waals surface area (Å²) < 4.78 is 10.9. The Labute approximate surface area is 112 Å². The molecule has 0 fully saturated rings. The molecule has 0 amide bonds. The first-order valence-electron chi connectivity index (χ1n) is 7.22. The van der Waals surface area contributed by atoms with Crippen LogP contribution in [-0.2, 0) is 0 Å². The van der Waals surface area contributed by atoms with Crippen molar-refractivity contribution < 1.29 is 0 Å². The van der Waals surface area contributed by atoms with Crippen LogP contribution in [-0.4, -0.2) is 36.8 Å². The second kappa shape index (κ2) is 7.70. The van der Waals surface area contributed by atoms with Gasteiger partial charge in [0.15, 0.2) is 0 Å². The summed E-state index contributed by atoms with van der Waals surface area (Å²) in [7, 11) is 0. The molecule has 0 unspecified atom stereocenters. The van der Waals surface area contributed by atoms with Gasteiger partial charge in [0, 0.05) is 0 Å². The van der Waals surface area contributed by atoms with Gasteiger partial charge in [-0.25, -0.2) is 0 Å². The van der Waals surface area contributed by atoms with Crippen molar-refractivity contribution in [3.8, 4) is 0 Å². The normalized spacial score (nSPS) is 12.9. The van der Waals surface area contributed by atoms with E-state index < -0.39 is 36.8 Å². The second-order valence-corrected chi connectivity index (χ2v) is 39.4. The van der Waals surface area contributed by atoms with Crippen molar-refractivity contribution in [3.63, 3.8) is 0 Å². The van der Waals surface area contributed by atoms with Crippen LogP contribution in [0, 0.1) is 0 Å². The van der Waals surface area contributed by atoms with E-state index in [-0.39, 0.29) is 0 Å². The van der Waals surface area contributed by atoms with Gasteiger partial charge in [-0.15, -0.1) is 0 Å². The van der Waals surface area contributed by atoms with Crippen LogP contribution in [0.4, 0.5) is 0 Å². The van der Waals surface area contributed by atoms with Crippen molar-refractivity contribution in [2.75, 3.05) is 0 Å². The van der Waals surface area contributed by atoms with Gasteiger partial charge in [-0.2, -0.15) is 0 Å². The van der Waals surface area contributed by atoms with E-state index in [1.165, 1.54) is 26.6 Å². The van der Waals surface area contributed by atoms with Gasteiger partial charge >= 0.3 is 113 Å². The first-order chi connectivity index (χ1) is 7.52. The molecule has 16 heavy (non-hydrogen) atoms. The Kier molecular flexibility index (Phi) is 8.35. The molecule has 0 rings (SSSR count). The first-order valence-corrected chi connectivity index (χ1v) is 22.2. The Hall–Kier alpha value is 1.34. The maximum atomic E-state index is 4.71. The Balaban J connectivity index is 5.26. The third-order valence-electron chi connectivity index (χ3n) is 5.34. The summed E-state index contributed by atoms with van der Waals surface area (Å²) in [6.07, 6.45) is 0. The van der Waals surface area contributed by atoms with Gasteiger partial charge in [-0.1, -0.05) is 0 Å². The molecule has 0 N–H and O–H groups in total. The summed E-state index contributed by atoms with van der Waals surface area (Å²) in [5.74, 6) is 0. The van der Waals surface area contributed by atoms with Gasteiger partial charge in [-0.05, 0) is 0 Å². The SMILES string of the molecule is C=[C]([Sn]([CH2]C)([CH2]C)[CH2]C)[Sn]([CH2]C)([CH2]C)[CH2]C. The van der Waals surface area contributed by atoms with Crippen molar-refractivity contribution in [3.05, 3.63) is 8.18 Å². The Morgan fingerprint density at radius 3 is 0.938 bits per heavy atom. The zero-order chi connectivity index (χ0) is 12.8. The van der Waals surface area contributed by atoms with E-state index in [9.17, 15) is 0 Å². The van der Waals surface area contributed by atoms with Crippen LogP contribution >= 0.6 is 0 Å². The van der Waals surface area contributed by atoms with Gasteiger partial charge in [0.25, 0.3) is 0 Å². The van der Waals surface area contributed by atoms with E-state index >= 15 is 0 Å². The molecule has 0 aliphatic carbocycles. The predicted molar refractivity (Wildman–Crippen MR) is 83.5 cm³/mol. The summed E-state index contributed by atoms with van der Waals surface area (Å²) in [6, 6.07) is 0. The molecule has 2 heteroatoms. The summed E-state index contributed by atoms with van der Waals surface area (Å²) in [5, 5.41) is 0. The van der Waals surface area contributed by atoms with E-state index in [1.807, 2.05) is 1.60 Å². The van der Waals surface area contributed by atoms with Crippen molar-refractivity contribution >= 4 is 36.8 Å². The molecule has 0 heterocycles. The van der Waals surface area contributed by atoms with Crippen LogP contribution in [0.2, 0.25) is 26.6 Å². The average Bonchev–Trinajstić information content (AvgIpc) is 2.35. The maximum absolute atomic E-state index is 4.71. The van der Waals surface area contributed by atoms with Crippen LogP contribution in [0.5, 0.6) is 0 Å². The van der Waals surface area contributed by atoms with Crippen molar-refractivity contribution in [2.24, 2.45) is 0 Å². The molecule has 0 aromatic carbocycles. The van der Waals surface area contributed by atoms with E-state index in [0.717, 1.165) is 0 Å². The molecule has 0 atom stereocenters. The Bertz CT molecular complexity index is 174. The molecule has 0 aliphatic rings. The molecule has 0 aromatic rings. The van der Waals surface area contributed by atoms with Crippen LogP contribution < -0.4 is 0 Å². The number of rotatable bonds is 8. The summed E-state index contributed by atoms with van der Waals surface area (Å²) in [5.41, 5.74) is 0. The minimum absolute atomic E-state index is 1.50. The van der Waals surface area contributed by atoms with Gasteiger partial charge in [0.2, 0.25) is 0 Å². The predicted octanol–water partition coefficient (Wildman–Crippen LogP) is 5.64. The van der Waals surface area contributed by atoms with Crippen LogP contribution in [0.3, 0.4) is 0 Å². The second-order valence-electron chi connectivity index (χ2n) is 5.16. The number of hydrogen-bond donors (Lipinski definition) is 0. The molecule has 0 saturated carbocycles. The van der Waals surface area contributed by atoms with Crippen molar-refractivity contribution in [1.29, 1.82) is 0 Å². The van der Waals surface area contributed by atoms with E-state index in [0.29, 0.717) is 0 Å². The average molecular weight is 438 g/mol. The third-order valence-corrected chi connectivity index (χ3v) is 56.1. The van der Waals surface area contributed by atoms with Crippen molar-refractivity contribution in [1.82, 2.24) is 0 Å². The molecule has 0 radical (unpaired) electrons. The molecule has 0 aromatic heterocycles. The number of hydrogen-bond acceptors (Lipinski definition) is 0. The van der Waals surface area contributed by atoms with Gasteiger partial charge in [0.1, 0.15) is 0 Å². The van der Waals surface area contributed by atoms with Gasteiger partial charge < -0.3 is 0 Å². The standard InChI is InChI=1S/6C2H5.C2H2.2Sn/c7*1-2;;/h6*1H2,2H3;1H2;;. The zero-order valence-electron chi connectivity index (χ0n) is 12.4. The third kappa shape index (κ3) is 3.21. The molecular formula is C14H32Sn2. The molecule has 0 bridgehead atoms. The van der Waals surface area contributed by atoms with Crippen molar-refractivity contribution in [2.45, 2.75) is 68.2 Å². The quantitative estimate of drug-likeness (QED) is 0.431. The topological polar surface area (TPSA) is 0 Å². The van der Waals surface area contributed by atoms with Crippen LogP contribution in [0.25, 0.3) is 0 Å². The minimum atomic E-state index is -1.93. The monoisotopic (exact) mass is 440 g/mol. The molecular weight excluding hydrogens is 406 g/mol.